The summed E-state index contributed by atoms with van der Waals surface area (Å²) in [6.07, 6.45) is -1.44. The van der Waals surface area contributed by atoms with Gasteiger partial charge in [0.25, 0.3) is 0 Å². The second kappa shape index (κ2) is 5.54. The standard InChI is InChI=1S/C16H11ClN4O3/c17-10-5-7-11(8-6-10)20-9-14-18-15(24-16(22)23)19-21(14)13-4-2-1-3-12(13)20/h1-8H,9H2,(H,22,23). The average molecular weight is 343 g/mol. The first-order valence-corrected chi connectivity index (χ1v) is 7.49. The Morgan fingerprint density at radius 1 is 1.12 bits per heavy atom. The van der Waals surface area contributed by atoms with Crippen LogP contribution >= 0.6 is 11.6 Å². The average Bonchev–Trinajstić information content (AvgIpc) is 2.97. The van der Waals surface area contributed by atoms with Gasteiger partial charge in [-0.1, -0.05) is 23.7 Å². The number of rotatable bonds is 2. The van der Waals surface area contributed by atoms with Crippen molar-refractivity contribution in [1.82, 2.24) is 14.8 Å². The SMILES string of the molecule is O=C(O)Oc1nc2n(n1)-c1ccccc1N(c1ccc(Cl)cc1)C2. The summed E-state index contributed by atoms with van der Waals surface area (Å²) in [5.41, 5.74) is 2.67. The minimum Gasteiger partial charge on any atom is -0.449 e. The molecule has 0 spiro atoms. The quantitative estimate of drug-likeness (QED) is 0.716. The molecule has 1 aromatic heterocycles. The van der Waals surface area contributed by atoms with Gasteiger partial charge in [0.05, 0.1) is 17.9 Å². The zero-order chi connectivity index (χ0) is 16.7. The number of fused-ring (bicyclic) bond motifs is 3. The summed E-state index contributed by atoms with van der Waals surface area (Å²) >= 11 is 5.97. The topological polar surface area (TPSA) is 80.5 Å². The van der Waals surface area contributed by atoms with Gasteiger partial charge in [0.15, 0.2) is 5.82 Å². The molecule has 0 aliphatic carbocycles. The molecule has 1 N–H and O–H groups in total. The number of ether oxygens (including phenoxy) is 1. The van der Waals surface area contributed by atoms with E-state index in [0.717, 1.165) is 17.1 Å². The van der Waals surface area contributed by atoms with Crippen molar-refractivity contribution in [3.05, 3.63) is 59.4 Å². The monoisotopic (exact) mass is 342 g/mol. The van der Waals surface area contributed by atoms with E-state index in [1.54, 1.807) is 4.68 Å². The number of hydrogen-bond acceptors (Lipinski definition) is 5. The number of benzene rings is 2. The van der Waals surface area contributed by atoms with E-state index in [-0.39, 0.29) is 6.01 Å². The molecule has 7 nitrogen and oxygen atoms in total. The summed E-state index contributed by atoms with van der Waals surface area (Å²) in [7, 11) is 0. The predicted octanol–water partition coefficient (Wildman–Crippen LogP) is 3.63. The highest BCUT2D eigenvalue weighted by molar-refractivity contribution is 6.30. The van der Waals surface area contributed by atoms with Crippen LogP contribution in [-0.2, 0) is 6.54 Å². The number of carbonyl (C=O) groups is 1. The van der Waals surface area contributed by atoms with Crippen LogP contribution in [0.2, 0.25) is 5.02 Å². The third-order valence-electron chi connectivity index (χ3n) is 3.67. The molecule has 0 unspecified atom stereocenters. The summed E-state index contributed by atoms with van der Waals surface area (Å²) in [6.45, 7) is 0.425. The zero-order valence-electron chi connectivity index (χ0n) is 12.3. The third-order valence-corrected chi connectivity index (χ3v) is 3.92. The molecule has 0 atom stereocenters. The van der Waals surface area contributed by atoms with Crippen LogP contribution in [0.3, 0.4) is 0 Å². The van der Waals surface area contributed by atoms with Crippen molar-refractivity contribution in [3.63, 3.8) is 0 Å². The van der Waals surface area contributed by atoms with E-state index in [2.05, 4.69) is 19.7 Å². The molecular formula is C16H11ClN4O3. The lowest BCUT2D eigenvalue weighted by Gasteiger charge is -2.30. The first kappa shape index (κ1) is 14.5. The molecule has 0 saturated heterocycles. The van der Waals surface area contributed by atoms with E-state index < -0.39 is 6.16 Å². The molecule has 2 heterocycles. The molecule has 2 aromatic carbocycles. The molecule has 0 radical (unpaired) electrons. The largest absolute Gasteiger partial charge is 0.513 e. The molecule has 4 rings (SSSR count). The summed E-state index contributed by atoms with van der Waals surface area (Å²) in [6, 6.07) is 14.9. The fourth-order valence-electron chi connectivity index (χ4n) is 2.69. The van der Waals surface area contributed by atoms with Crippen LogP contribution in [0.25, 0.3) is 5.69 Å². The summed E-state index contributed by atoms with van der Waals surface area (Å²) in [5, 5.41) is 13.5. The van der Waals surface area contributed by atoms with E-state index in [4.69, 9.17) is 16.7 Å². The molecule has 1 aliphatic heterocycles. The van der Waals surface area contributed by atoms with Crippen LogP contribution in [0.1, 0.15) is 5.82 Å². The van der Waals surface area contributed by atoms with Crippen LogP contribution < -0.4 is 9.64 Å². The Hall–Kier alpha value is -3.06. The molecule has 8 heteroatoms. The Morgan fingerprint density at radius 2 is 1.83 bits per heavy atom. The molecule has 0 amide bonds. The summed E-state index contributed by atoms with van der Waals surface area (Å²) in [5.74, 6) is 0.583. The van der Waals surface area contributed by atoms with Gasteiger partial charge in [-0.15, -0.1) is 5.10 Å². The Labute approximate surface area is 141 Å². The van der Waals surface area contributed by atoms with Gasteiger partial charge in [0.1, 0.15) is 0 Å². The molecular weight excluding hydrogens is 332 g/mol. The first-order chi connectivity index (χ1) is 11.6. The van der Waals surface area contributed by atoms with Gasteiger partial charge in [0, 0.05) is 10.7 Å². The van der Waals surface area contributed by atoms with Gasteiger partial charge in [-0.25, -0.2) is 9.48 Å². The van der Waals surface area contributed by atoms with E-state index in [1.807, 2.05) is 48.5 Å². The lowest BCUT2D eigenvalue weighted by molar-refractivity contribution is 0.140. The predicted molar refractivity (Wildman–Crippen MR) is 87.3 cm³/mol. The molecule has 24 heavy (non-hydrogen) atoms. The van der Waals surface area contributed by atoms with E-state index in [1.165, 1.54) is 0 Å². The first-order valence-electron chi connectivity index (χ1n) is 7.11. The number of aromatic nitrogens is 3. The van der Waals surface area contributed by atoms with Crippen molar-refractivity contribution >= 4 is 29.1 Å². The Kier molecular flexibility index (Phi) is 3.35. The van der Waals surface area contributed by atoms with Crippen molar-refractivity contribution in [2.75, 3.05) is 4.90 Å². The number of halogens is 1. The maximum Gasteiger partial charge on any atom is 0.513 e. The number of carboxylic acid groups (broad SMARTS) is 1. The van der Waals surface area contributed by atoms with Crippen LogP contribution in [0.5, 0.6) is 6.01 Å². The Balaban J connectivity index is 1.82. The molecule has 120 valence electrons. The molecule has 0 saturated carbocycles. The normalized spacial score (nSPS) is 12.5. The fraction of sp³-hybridized carbons (Fsp3) is 0.0625. The van der Waals surface area contributed by atoms with E-state index >= 15 is 0 Å². The maximum atomic E-state index is 10.7. The number of anilines is 2. The van der Waals surface area contributed by atoms with E-state index in [0.29, 0.717) is 17.4 Å². The zero-order valence-corrected chi connectivity index (χ0v) is 13.0. The van der Waals surface area contributed by atoms with Crippen molar-refractivity contribution in [3.8, 4) is 11.7 Å². The molecule has 1 aliphatic rings. The maximum absolute atomic E-state index is 10.7. The molecule has 0 fully saturated rings. The number of para-hydroxylation sites is 2. The minimum absolute atomic E-state index is 0.190. The fourth-order valence-corrected chi connectivity index (χ4v) is 2.82. The van der Waals surface area contributed by atoms with Crippen molar-refractivity contribution < 1.29 is 14.6 Å². The second-order valence-corrected chi connectivity index (χ2v) is 5.58. The highest BCUT2D eigenvalue weighted by atomic mass is 35.5. The lowest BCUT2D eigenvalue weighted by Crippen LogP contribution is -2.25. The number of hydrogen-bond donors (Lipinski definition) is 1. The third kappa shape index (κ3) is 2.44. The van der Waals surface area contributed by atoms with Gasteiger partial charge in [0.2, 0.25) is 0 Å². The van der Waals surface area contributed by atoms with Gasteiger partial charge in [-0.2, -0.15) is 4.98 Å². The van der Waals surface area contributed by atoms with Crippen LogP contribution in [0, 0.1) is 0 Å². The van der Waals surface area contributed by atoms with Crippen molar-refractivity contribution in [2.45, 2.75) is 6.54 Å². The Morgan fingerprint density at radius 3 is 2.54 bits per heavy atom. The number of nitrogens with zero attached hydrogens (tertiary/aromatic N) is 4. The Bertz CT molecular complexity index is 923. The minimum atomic E-state index is -1.44. The summed E-state index contributed by atoms with van der Waals surface area (Å²) < 4.78 is 6.17. The highest BCUT2D eigenvalue weighted by Gasteiger charge is 2.26. The summed E-state index contributed by atoms with van der Waals surface area (Å²) in [4.78, 5) is 16.9. The van der Waals surface area contributed by atoms with Crippen LogP contribution in [-0.4, -0.2) is 26.0 Å². The molecule has 0 bridgehead atoms. The molecule has 3 aromatic rings. The van der Waals surface area contributed by atoms with Crippen LogP contribution in [0.4, 0.5) is 16.2 Å². The van der Waals surface area contributed by atoms with Gasteiger partial charge < -0.3 is 14.7 Å². The van der Waals surface area contributed by atoms with Gasteiger partial charge in [-0.05, 0) is 36.4 Å². The van der Waals surface area contributed by atoms with Crippen molar-refractivity contribution in [1.29, 1.82) is 0 Å². The lowest BCUT2D eigenvalue weighted by atomic mass is 10.1. The van der Waals surface area contributed by atoms with E-state index in [9.17, 15) is 4.79 Å². The van der Waals surface area contributed by atoms with Crippen LogP contribution in [0.15, 0.2) is 48.5 Å². The highest BCUT2D eigenvalue weighted by Crippen LogP contribution is 2.37. The smallest absolute Gasteiger partial charge is 0.449 e. The van der Waals surface area contributed by atoms with Crippen molar-refractivity contribution in [2.24, 2.45) is 0 Å². The van der Waals surface area contributed by atoms with Gasteiger partial charge in [-0.3, -0.25) is 0 Å². The second-order valence-electron chi connectivity index (χ2n) is 5.14. The van der Waals surface area contributed by atoms with Gasteiger partial charge >= 0.3 is 12.2 Å².